The average Bonchev–Trinajstić information content (AvgIpc) is 2.54. The fourth-order valence-electron chi connectivity index (χ4n) is 2.77. The molecule has 2 aromatic carbocycles. The van der Waals surface area contributed by atoms with Gasteiger partial charge in [-0.15, -0.1) is 0 Å². The minimum atomic E-state index is -0.0898. The van der Waals surface area contributed by atoms with Crippen LogP contribution in [0, 0.1) is 0 Å². The molecule has 112 valence electrons. The van der Waals surface area contributed by atoms with Crippen molar-refractivity contribution in [1.82, 2.24) is 4.90 Å². The second-order valence-corrected chi connectivity index (χ2v) is 5.51. The first-order chi connectivity index (χ1) is 10.6. The maximum Gasteiger partial charge on any atom is 0.254 e. The van der Waals surface area contributed by atoms with Crippen LogP contribution in [0.5, 0.6) is 0 Å². The lowest BCUT2D eigenvalue weighted by Crippen LogP contribution is -2.36. The summed E-state index contributed by atoms with van der Waals surface area (Å²) < 4.78 is 0. The predicted octanol–water partition coefficient (Wildman–Crippen LogP) is 2.84. The first-order valence-electron chi connectivity index (χ1n) is 7.37. The van der Waals surface area contributed by atoms with Crippen molar-refractivity contribution in [3.05, 3.63) is 65.2 Å². The van der Waals surface area contributed by atoms with Crippen molar-refractivity contribution in [1.29, 1.82) is 0 Å². The zero-order valence-electron chi connectivity index (χ0n) is 12.5. The summed E-state index contributed by atoms with van der Waals surface area (Å²) in [5.41, 5.74) is 3.83. The molecule has 0 aromatic heterocycles. The Morgan fingerprint density at radius 2 is 1.82 bits per heavy atom. The Bertz CT molecular complexity index is 710. The van der Waals surface area contributed by atoms with Gasteiger partial charge in [0.2, 0.25) is 5.91 Å². The Hall–Kier alpha value is -2.62. The third kappa shape index (κ3) is 3.01. The Kier molecular flexibility index (Phi) is 3.92. The van der Waals surface area contributed by atoms with E-state index in [1.54, 1.807) is 0 Å². The molecule has 0 fully saturated rings. The van der Waals surface area contributed by atoms with E-state index in [9.17, 15) is 9.59 Å². The van der Waals surface area contributed by atoms with Gasteiger partial charge in [-0.1, -0.05) is 24.3 Å². The van der Waals surface area contributed by atoms with Crippen LogP contribution < -0.4 is 5.32 Å². The number of benzene rings is 2. The number of carbonyl (C=O) groups is 2. The molecule has 1 N–H and O–H groups in total. The van der Waals surface area contributed by atoms with E-state index < -0.39 is 0 Å². The quantitative estimate of drug-likeness (QED) is 0.926. The first-order valence-corrected chi connectivity index (χ1v) is 7.37. The van der Waals surface area contributed by atoms with Crippen molar-refractivity contribution in [3.8, 4) is 0 Å². The van der Waals surface area contributed by atoms with E-state index in [4.69, 9.17) is 0 Å². The molecule has 1 aliphatic rings. The van der Waals surface area contributed by atoms with E-state index >= 15 is 0 Å². The maximum atomic E-state index is 12.5. The minimum absolute atomic E-state index is 0.0520. The van der Waals surface area contributed by atoms with Gasteiger partial charge in [0.1, 0.15) is 0 Å². The standard InChI is InChI=1S/C18H18N2O2/c1-13(21)19-17-8-7-14-9-10-20(12-16(14)11-17)18(22)15-5-3-2-4-6-15/h2-8,11H,9-10,12H2,1H3,(H,19,21). The number of carbonyl (C=O) groups excluding carboxylic acids is 2. The second-order valence-electron chi connectivity index (χ2n) is 5.51. The molecule has 0 radical (unpaired) electrons. The highest BCUT2D eigenvalue weighted by molar-refractivity contribution is 5.94. The summed E-state index contributed by atoms with van der Waals surface area (Å²) in [6.45, 7) is 2.79. The Morgan fingerprint density at radius 3 is 2.55 bits per heavy atom. The fraction of sp³-hybridized carbons (Fsp3) is 0.222. The molecule has 2 aromatic rings. The normalized spacial score (nSPS) is 13.4. The molecule has 22 heavy (non-hydrogen) atoms. The molecule has 2 amide bonds. The highest BCUT2D eigenvalue weighted by Gasteiger charge is 2.21. The van der Waals surface area contributed by atoms with Crippen molar-refractivity contribution in [2.24, 2.45) is 0 Å². The number of anilines is 1. The number of amides is 2. The summed E-state index contributed by atoms with van der Waals surface area (Å²) >= 11 is 0. The Morgan fingerprint density at radius 1 is 1.05 bits per heavy atom. The summed E-state index contributed by atoms with van der Waals surface area (Å²) in [5.74, 6) is -0.0378. The van der Waals surface area contributed by atoms with Crippen LogP contribution in [0.3, 0.4) is 0 Å². The third-order valence-corrected chi connectivity index (χ3v) is 3.85. The lowest BCUT2D eigenvalue weighted by atomic mass is 9.98. The van der Waals surface area contributed by atoms with E-state index in [0.29, 0.717) is 12.1 Å². The summed E-state index contributed by atoms with van der Waals surface area (Å²) in [5, 5.41) is 2.79. The van der Waals surface area contributed by atoms with E-state index in [2.05, 4.69) is 5.32 Å². The van der Waals surface area contributed by atoms with E-state index in [0.717, 1.165) is 24.2 Å². The van der Waals surface area contributed by atoms with Gasteiger partial charge in [-0.05, 0) is 41.8 Å². The van der Waals surface area contributed by atoms with Gasteiger partial charge in [0, 0.05) is 31.3 Å². The van der Waals surface area contributed by atoms with Crippen molar-refractivity contribution >= 4 is 17.5 Å². The van der Waals surface area contributed by atoms with Crippen LogP contribution in [-0.4, -0.2) is 23.3 Å². The maximum absolute atomic E-state index is 12.5. The van der Waals surface area contributed by atoms with Crippen molar-refractivity contribution in [3.63, 3.8) is 0 Å². The molecule has 0 spiro atoms. The number of nitrogens with one attached hydrogen (secondary N) is 1. The molecule has 3 rings (SSSR count). The number of hydrogen-bond donors (Lipinski definition) is 1. The van der Waals surface area contributed by atoms with Crippen LogP contribution in [-0.2, 0) is 17.8 Å². The van der Waals surface area contributed by atoms with Gasteiger partial charge in [-0.25, -0.2) is 0 Å². The Labute approximate surface area is 129 Å². The van der Waals surface area contributed by atoms with Crippen LogP contribution in [0.2, 0.25) is 0 Å². The summed E-state index contributed by atoms with van der Waals surface area (Å²) in [4.78, 5) is 25.5. The second kappa shape index (κ2) is 6.02. The molecular weight excluding hydrogens is 276 g/mol. The van der Waals surface area contributed by atoms with Gasteiger partial charge >= 0.3 is 0 Å². The van der Waals surface area contributed by atoms with Crippen molar-refractivity contribution in [2.45, 2.75) is 19.9 Å². The monoisotopic (exact) mass is 294 g/mol. The van der Waals surface area contributed by atoms with E-state index in [-0.39, 0.29) is 11.8 Å². The summed E-state index contributed by atoms with van der Waals surface area (Å²) in [6.07, 6.45) is 0.842. The fourth-order valence-corrected chi connectivity index (χ4v) is 2.77. The summed E-state index contributed by atoms with van der Waals surface area (Å²) in [7, 11) is 0. The van der Waals surface area contributed by atoms with Crippen LogP contribution in [0.1, 0.15) is 28.4 Å². The highest BCUT2D eigenvalue weighted by Crippen LogP contribution is 2.23. The first kappa shape index (κ1) is 14.3. The average molecular weight is 294 g/mol. The molecule has 4 nitrogen and oxygen atoms in total. The van der Waals surface area contributed by atoms with Gasteiger partial charge in [0.25, 0.3) is 5.91 Å². The van der Waals surface area contributed by atoms with Crippen molar-refractivity contribution < 1.29 is 9.59 Å². The summed E-state index contributed by atoms with van der Waals surface area (Å²) in [6, 6.07) is 15.2. The largest absolute Gasteiger partial charge is 0.334 e. The van der Waals surface area contributed by atoms with Gasteiger partial charge in [-0.3, -0.25) is 9.59 Å². The number of hydrogen-bond acceptors (Lipinski definition) is 2. The molecule has 0 atom stereocenters. The number of rotatable bonds is 2. The number of fused-ring (bicyclic) bond motifs is 1. The molecule has 0 unspecified atom stereocenters. The van der Waals surface area contributed by atoms with Crippen LogP contribution in [0.4, 0.5) is 5.69 Å². The zero-order chi connectivity index (χ0) is 15.5. The molecule has 0 saturated carbocycles. The Balaban J connectivity index is 1.80. The van der Waals surface area contributed by atoms with Crippen LogP contribution in [0.25, 0.3) is 0 Å². The molecule has 1 heterocycles. The van der Waals surface area contributed by atoms with Gasteiger partial charge in [0.05, 0.1) is 0 Å². The lowest BCUT2D eigenvalue weighted by Gasteiger charge is -2.29. The molecule has 0 saturated heterocycles. The third-order valence-electron chi connectivity index (χ3n) is 3.85. The predicted molar refractivity (Wildman–Crippen MR) is 85.6 cm³/mol. The number of nitrogens with zero attached hydrogens (tertiary/aromatic N) is 1. The molecule has 0 bridgehead atoms. The van der Waals surface area contributed by atoms with Crippen LogP contribution in [0.15, 0.2) is 48.5 Å². The van der Waals surface area contributed by atoms with Crippen molar-refractivity contribution in [2.75, 3.05) is 11.9 Å². The van der Waals surface area contributed by atoms with E-state index in [1.165, 1.54) is 12.5 Å². The lowest BCUT2D eigenvalue weighted by molar-refractivity contribution is -0.114. The highest BCUT2D eigenvalue weighted by atomic mass is 16.2. The van der Waals surface area contributed by atoms with Gasteiger partial charge in [0.15, 0.2) is 0 Å². The van der Waals surface area contributed by atoms with Crippen LogP contribution >= 0.6 is 0 Å². The molecule has 4 heteroatoms. The SMILES string of the molecule is CC(=O)Nc1ccc2c(c1)CN(C(=O)c1ccccc1)CC2. The topological polar surface area (TPSA) is 49.4 Å². The zero-order valence-corrected chi connectivity index (χ0v) is 12.5. The smallest absolute Gasteiger partial charge is 0.254 e. The van der Waals surface area contributed by atoms with Gasteiger partial charge < -0.3 is 10.2 Å². The van der Waals surface area contributed by atoms with E-state index in [1.807, 2.05) is 53.4 Å². The molecule has 0 aliphatic carbocycles. The minimum Gasteiger partial charge on any atom is -0.334 e. The van der Waals surface area contributed by atoms with Gasteiger partial charge in [-0.2, -0.15) is 0 Å². The molecule has 1 aliphatic heterocycles. The molecular formula is C18H18N2O2.